The van der Waals surface area contributed by atoms with Gasteiger partial charge < -0.3 is 5.32 Å². The van der Waals surface area contributed by atoms with Crippen molar-refractivity contribution in [3.63, 3.8) is 0 Å². The molecule has 2 aromatic heterocycles. The molecule has 2 heterocycles. The summed E-state index contributed by atoms with van der Waals surface area (Å²) in [6.07, 6.45) is 3.91. The molecule has 0 atom stereocenters. The maximum absolute atomic E-state index is 12.0. The second-order valence-corrected chi connectivity index (χ2v) is 5.71. The molecule has 0 fully saturated rings. The fraction of sp³-hybridized carbons (Fsp3) is 0.150. The van der Waals surface area contributed by atoms with Crippen molar-refractivity contribution < 1.29 is 4.79 Å². The van der Waals surface area contributed by atoms with Crippen LogP contribution in [0.4, 0.5) is 0 Å². The van der Waals surface area contributed by atoms with Crippen molar-refractivity contribution in [3.05, 3.63) is 83.7 Å². The van der Waals surface area contributed by atoms with E-state index in [-0.39, 0.29) is 5.91 Å². The summed E-state index contributed by atoms with van der Waals surface area (Å²) in [6, 6.07) is 17.6. The molecule has 0 aliphatic heterocycles. The largest absolute Gasteiger partial charge is 0.352 e. The van der Waals surface area contributed by atoms with E-state index < -0.39 is 0 Å². The van der Waals surface area contributed by atoms with Gasteiger partial charge in [0, 0.05) is 18.9 Å². The number of nitrogens with zero attached hydrogens (tertiary/aromatic N) is 2. The molecule has 0 aliphatic carbocycles. The van der Waals surface area contributed by atoms with Crippen LogP contribution in [0.1, 0.15) is 16.7 Å². The van der Waals surface area contributed by atoms with Crippen molar-refractivity contribution in [3.8, 4) is 11.4 Å². The lowest BCUT2D eigenvalue weighted by Gasteiger charge is -2.07. The monoisotopic (exact) mass is 317 g/mol. The highest BCUT2D eigenvalue weighted by Crippen LogP contribution is 2.13. The second-order valence-electron chi connectivity index (χ2n) is 5.71. The van der Waals surface area contributed by atoms with Gasteiger partial charge in [0.1, 0.15) is 0 Å². The van der Waals surface area contributed by atoms with Crippen molar-refractivity contribution in [1.82, 2.24) is 15.3 Å². The van der Waals surface area contributed by atoms with Crippen LogP contribution in [0.15, 0.2) is 67.0 Å². The van der Waals surface area contributed by atoms with Crippen LogP contribution in [0.3, 0.4) is 0 Å². The fourth-order valence-electron chi connectivity index (χ4n) is 2.47. The number of rotatable bonds is 5. The smallest absolute Gasteiger partial charge is 0.224 e. The Morgan fingerprint density at radius 1 is 0.958 bits per heavy atom. The van der Waals surface area contributed by atoms with Gasteiger partial charge in [-0.2, -0.15) is 0 Å². The molecule has 24 heavy (non-hydrogen) atoms. The summed E-state index contributed by atoms with van der Waals surface area (Å²) < 4.78 is 0. The van der Waals surface area contributed by atoms with Crippen LogP contribution >= 0.6 is 0 Å². The number of aromatic nitrogens is 2. The van der Waals surface area contributed by atoms with E-state index in [9.17, 15) is 4.79 Å². The normalized spacial score (nSPS) is 10.4. The third-order valence-corrected chi connectivity index (χ3v) is 3.69. The summed E-state index contributed by atoms with van der Waals surface area (Å²) in [6.45, 7) is 2.50. The summed E-state index contributed by atoms with van der Waals surface area (Å²) in [7, 11) is 0. The molecule has 4 heteroatoms. The van der Waals surface area contributed by atoms with Crippen LogP contribution in [0.25, 0.3) is 11.4 Å². The van der Waals surface area contributed by atoms with Gasteiger partial charge in [-0.15, -0.1) is 0 Å². The number of hydrogen-bond acceptors (Lipinski definition) is 3. The number of carbonyl (C=O) groups excluding carboxylic acids is 1. The first-order chi connectivity index (χ1) is 11.7. The first-order valence-corrected chi connectivity index (χ1v) is 7.89. The van der Waals surface area contributed by atoms with Crippen molar-refractivity contribution in [1.29, 1.82) is 0 Å². The quantitative estimate of drug-likeness (QED) is 0.785. The van der Waals surface area contributed by atoms with E-state index in [0.717, 1.165) is 28.1 Å². The molecule has 0 saturated heterocycles. The molecule has 120 valence electrons. The summed E-state index contributed by atoms with van der Waals surface area (Å²) in [5.41, 5.74) is 4.82. The van der Waals surface area contributed by atoms with E-state index in [0.29, 0.717) is 13.0 Å². The highest BCUT2D eigenvalue weighted by molar-refractivity contribution is 5.78. The third-order valence-electron chi connectivity index (χ3n) is 3.69. The van der Waals surface area contributed by atoms with E-state index in [2.05, 4.69) is 15.3 Å². The Morgan fingerprint density at radius 3 is 2.54 bits per heavy atom. The highest BCUT2D eigenvalue weighted by atomic mass is 16.1. The highest BCUT2D eigenvalue weighted by Gasteiger charge is 2.05. The Kier molecular flexibility index (Phi) is 4.96. The van der Waals surface area contributed by atoms with E-state index >= 15 is 0 Å². The molecular weight excluding hydrogens is 298 g/mol. The number of amides is 1. The zero-order valence-electron chi connectivity index (χ0n) is 13.6. The van der Waals surface area contributed by atoms with Gasteiger partial charge in [0.15, 0.2) is 0 Å². The second kappa shape index (κ2) is 7.51. The van der Waals surface area contributed by atoms with Gasteiger partial charge in [-0.3, -0.25) is 14.8 Å². The molecule has 1 aromatic carbocycles. The predicted octanol–water partition coefficient (Wildman–Crippen LogP) is 3.31. The Balaban J connectivity index is 1.56. The number of nitrogens with one attached hydrogen (secondary N) is 1. The van der Waals surface area contributed by atoms with Crippen LogP contribution in [0, 0.1) is 6.92 Å². The third kappa shape index (κ3) is 4.26. The van der Waals surface area contributed by atoms with Gasteiger partial charge in [-0.1, -0.05) is 42.0 Å². The minimum Gasteiger partial charge on any atom is -0.352 e. The Morgan fingerprint density at radius 2 is 1.83 bits per heavy atom. The van der Waals surface area contributed by atoms with Gasteiger partial charge in [-0.05, 0) is 36.2 Å². The number of benzene rings is 1. The summed E-state index contributed by atoms with van der Waals surface area (Å²) in [5, 5.41) is 2.93. The fourth-order valence-corrected chi connectivity index (χ4v) is 2.47. The lowest BCUT2D eigenvalue weighted by molar-refractivity contribution is -0.120. The molecule has 0 aliphatic rings. The number of pyridine rings is 2. The molecule has 3 rings (SSSR count). The van der Waals surface area contributed by atoms with Gasteiger partial charge in [0.05, 0.1) is 17.8 Å². The molecule has 1 N–H and O–H groups in total. The lowest BCUT2D eigenvalue weighted by atomic mass is 10.1. The summed E-state index contributed by atoms with van der Waals surface area (Å²) in [4.78, 5) is 20.7. The molecule has 0 spiro atoms. The van der Waals surface area contributed by atoms with Gasteiger partial charge in [-0.25, -0.2) is 0 Å². The standard InChI is InChI=1S/C20H19N3O/c1-15-5-4-6-16(11-15)12-20(24)23-14-17-8-9-19(22-13-17)18-7-2-3-10-21-18/h2-11,13H,12,14H2,1H3,(H,23,24). The Labute approximate surface area is 141 Å². The van der Waals surface area contributed by atoms with E-state index in [1.807, 2.05) is 61.5 Å². The molecular formula is C20H19N3O. The molecule has 0 unspecified atom stereocenters. The van der Waals surface area contributed by atoms with Crippen molar-refractivity contribution in [2.45, 2.75) is 19.9 Å². The number of aryl methyl sites for hydroxylation is 1. The van der Waals surface area contributed by atoms with Crippen LogP contribution < -0.4 is 5.32 Å². The minimum absolute atomic E-state index is 0.00871. The van der Waals surface area contributed by atoms with Gasteiger partial charge in [0.2, 0.25) is 5.91 Å². The summed E-state index contributed by atoms with van der Waals surface area (Å²) in [5.74, 6) is 0.00871. The number of carbonyl (C=O) groups is 1. The maximum atomic E-state index is 12.0. The van der Waals surface area contributed by atoms with E-state index in [1.54, 1.807) is 12.4 Å². The topological polar surface area (TPSA) is 54.9 Å². The van der Waals surface area contributed by atoms with Crippen LogP contribution in [-0.4, -0.2) is 15.9 Å². The van der Waals surface area contributed by atoms with Crippen LogP contribution in [-0.2, 0) is 17.8 Å². The Hall–Kier alpha value is -3.01. The molecule has 0 bridgehead atoms. The zero-order valence-corrected chi connectivity index (χ0v) is 13.6. The first kappa shape index (κ1) is 15.9. The minimum atomic E-state index is 0.00871. The van der Waals surface area contributed by atoms with Gasteiger partial charge >= 0.3 is 0 Å². The van der Waals surface area contributed by atoms with E-state index in [1.165, 1.54) is 0 Å². The SMILES string of the molecule is Cc1cccc(CC(=O)NCc2ccc(-c3ccccn3)nc2)c1. The van der Waals surface area contributed by atoms with Crippen molar-refractivity contribution in [2.24, 2.45) is 0 Å². The first-order valence-electron chi connectivity index (χ1n) is 7.89. The predicted molar refractivity (Wildman–Crippen MR) is 94.2 cm³/mol. The zero-order chi connectivity index (χ0) is 16.8. The molecule has 3 aromatic rings. The lowest BCUT2D eigenvalue weighted by Crippen LogP contribution is -2.24. The van der Waals surface area contributed by atoms with E-state index in [4.69, 9.17) is 0 Å². The molecule has 4 nitrogen and oxygen atoms in total. The average molecular weight is 317 g/mol. The number of hydrogen-bond donors (Lipinski definition) is 1. The molecule has 0 saturated carbocycles. The molecule has 0 radical (unpaired) electrons. The Bertz CT molecular complexity index is 814. The van der Waals surface area contributed by atoms with Crippen LogP contribution in [0.5, 0.6) is 0 Å². The molecule has 1 amide bonds. The van der Waals surface area contributed by atoms with Crippen LogP contribution in [0.2, 0.25) is 0 Å². The average Bonchev–Trinajstić information content (AvgIpc) is 2.61. The van der Waals surface area contributed by atoms with Crippen molar-refractivity contribution >= 4 is 5.91 Å². The van der Waals surface area contributed by atoms with Crippen molar-refractivity contribution in [2.75, 3.05) is 0 Å². The summed E-state index contributed by atoms with van der Waals surface area (Å²) >= 11 is 0. The van der Waals surface area contributed by atoms with Gasteiger partial charge in [0.25, 0.3) is 0 Å². The maximum Gasteiger partial charge on any atom is 0.224 e.